The molecule has 0 unspecified atom stereocenters. The van der Waals surface area contributed by atoms with Crippen LogP contribution >= 0.6 is 0 Å². The number of aromatic nitrogens is 2. The Morgan fingerprint density at radius 2 is 2.10 bits per heavy atom. The van der Waals surface area contributed by atoms with Crippen molar-refractivity contribution >= 4 is 22.4 Å². The third-order valence-corrected chi connectivity index (χ3v) is 4.06. The van der Waals surface area contributed by atoms with Crippen LogP contribution in [0, 0.1) is 6.92 Å². The van der Waals surface area contributed by atoms with Crippen LogP contribution in [-0.4, -0.2) is 30.8 Å². The number of carbonyl (C=O) groups is 1. The maximum Gasteiger partial charge on any atom is 0.233 e. The van der Waals surface area contributed by atoms with E-state index in [1.54, 1.807) is 0 Å². The quantitative estimate of drug-likeness (QED) is 0.937. The number of hydrogen-bond acceptors (Lipinski definition) is 3. The third-order valence-electron chi connectivity index (χ3n) is 2.86. The van der Waals surface area contributed by atoms with E-state index in [1.807, 2.05) is 56.5 Å². The van der Waals surface area contributed by atoms with Gasteiger partial charge in [0.25, 0.3) is 0 Å². The molecule has 21 heavy (non-hydrogen) atoms. The minimum absolute atomic E-state index is 0.00409. The Bertz CT molecular complexity index is 686. The van der Waals surface area contributed by atoms with Gasteiger partial charge in [0.15, 0.2) is 0 Å². The predicted octanol–water partition coefficient (Wildman–Crippen LogP) is 1.81. The molecule has 114 valence electrons. The molecule has 1 amide bonds. The van der Waals surface area contributed by atoms with E-state index in [0.29, 0.717) is 5.75 Å². The van der Waals surface area contributed by atoms with Crippen LogP contribution in [-0.2, 0) is 21.3 Å². The molecule has 1 N–H and O–H groups in total. The van der Waals surface area contributed by atoms with E-state index in [-0.39, 0.29) is 17.2 Å². The summed E-state index contributed by atoms with van der Waals surface area (Å²) < 4.78 is 14.0. The first kappa shape index (κ1) is 15.7. The maximum absolute atomic E-state index is 12.1. The molecule has 0 aliphatic rings. The fraction of sp³-hybridized carbons (Fsp3) is 0.467. The molecule has 0 aromatic carbocycles. The molecule has 1 atom stereocenters. The Labute approximate surface area is 127 Å². The number of fused-ring (bicyclic) bond motifs is 1. The molecule has 0 spiro atoms. The second-order valence-electron chi connectivity index (χ2n) is 6.15. The van der Waals surface area contributed by atoms with Crippen LogP contribution in [0.15, 0.2) is 24.4 Å². The highest BCUT2D eigenvalue weighted by molar-refractivity contribution is 7.84. The molecule has 0 aliphatic heterocycles. The molecule has 0 saturated carbocycles. The number of nitrogens with one attached hydrogen (secondary N) is 1. The minimum Gasteiger partial charge on any atom is -0.351 e. The van der Waals surface area contributed by atoms with Gasteiger partial charge in [-0.15, -0.1) is 0 Å². The molecule has 0 fully saturated rings. The number of nitrogens with zero attached hydrogens (tertiary/aromatic N) is 2. The zero-order valence-electron chi connectivity index (χ0n) is 12.8. The molecule has 2 aromatic heterocycles. The first-order valence-corrected chi connectivity index (χ1v) is 8.33. The molecule has 6 heteroatoms. The molecule has 2 heterocycles. The second kappa shape index (κ2) is 5.97. The van der Waals surface area contributed by atoms with E-state index < -0.39 is 10.8 Å². The summed E-state index contributed by atoms with van der Waals surface area (Å²) in [7, 11) is -1.26. The minimum atomic E-state index is -1.26. The summed E-state index contributed by atoms with van der Waals surface area (Å²) in [5.41, 5.74) is 2.34. The summed E-state index contributed by atoms with van der Waals surface area (Å²) in [5.74, 6) is 0.101. The van der Waals surface area contributed by atoms with Gasteiger partial charge in [-0.3, -0.25) is 9.00 Å². The number of pyridine rings is 1. The fourth-order valence-corrected chi connectivity index (χ4v) is 3.02. The van der Waals surface area contributed by atoms with Crippen molar-refractivity contribution in [1.82, 2.24) is 14.7 Å². The van der Waals surface area contributed by atoms with Gasteiger partial charge in [0, 0.05) is 28.2 Å². The molecule has 2 aromatic rings. The summed E-state index contributed by atoms with van der Waals surface area (Å²) in [4.78, 5) is 16.2. The lowest BCUT2D eigenvalue weighted by Crippen LogP contribution is -2.42. The number of imidazole rings is 1. The van der Waals surface area contributed by atoms with Crippen molar-refractivity contribution < 1.29 is 9.00 Å². The normalized spacial score (nSPS) is 13.3. The third kappa shape index (κ3) is 4.39. The van der Waals surface area contributed by atoms with Gasteiger partial charge in [-0.1, -0.05) is 6.07 Å². The average Bonchev–Trinajstić information content (AvgIpc) is 2.69. The summed E-state index contributed by atoms with van der Waals surface area (Å²) >= 11 is 0. The van der Waals surface area contributed by atoms with E-state index in [0.717, 1.165) is 17.0 Å². The van der Waals surface area contributed by atoms with Crippen molar-refractivity contribution in [2.24, 2.45) is 0 Å². The lowest BCUT2D eigenvalue weighted by Gasteiger charge is -2.20. The number of hydrogen-bond donors (Lipinski definition) is 1. The highest BCUT2D eigenvalue weighted by atomic mass is 32.2. The number of amides is 1. The van der Waals surface area contributed by atoms with Crippen molar-refractivity contribution in [3.63, 3.8) is 0 Å². The van der Waals surface area contributed by atoms with Gasteiger partial charge in [-0.25, -0.2) is 4.98 Å². The SMILES string of the molecule is Cc1cccc2nc(C[S@](=O)CC(=O)NC(C)(C)C)cn12. The van der Waals surface area contributed by atoms with E-state index in [4.69, 9.17) is 0 Å². The van der Waals surface area contributed by atoms with Crippen molar-refractivity contribution in [1.29, 1.82) is 0 Å². The predicted molar refractivity (Wildman–Crippen MR) is 84.5 cm³/mol. The van der Waals surface area contributed by atoms with Crippen molar-refractivity contribution in [3.8, 4) is 0 Å². The molecule has 0 bridgehead atoms. The second-order valence-corrected chi connectivity index (χ2v) is 7.61. The molecular weight excluding hydrogens is 286 g/mol. The van der Waals surface area contributed by atoms with Crippen LogP contribution < -0.4 is 5.32 Å². The van der Waals surface area contributed by atoms with Gasteiger partial charge in [0.2, 0.25) is 5.91 Å². The van der Waals surface area contributed by atoms with Gasteiger partial charge in [-0.2, -0.15) is 0 Å². The topological polar surface area (TPSA) is 63.5 Å². The van der Waals surface area contributed by atoms with Crippen LogP contribution in [0.25, 0.3) is 5.65 Å². The highest BCUT2D eigenvalue weighted by Gasteiger charge is 2.16. The standard InChI is InChI=1S/C15H21N3O2S/c1-11-6-5-7-13-16-12(8-18(11)13)9-21(20)10-14(19)17-15(2,3)4/h5-8H,9-10H2,1-4H3,(H,17,19)/t21-/m0/s1. The Morgan fingerprint density at radius 1 is 1.38 bits per heavy atom. The Balaban J connectivity index is 2.01. The van der Waals surface area contributed by atoms with E-state index >= 15 is 0 Å². The van der Waals surface area contributed by atoms with Crippen LogP contribution in [0.1, 0.15) is 32.2 Å². The Kier molecular flexibility index (Phi) is 4.46. The molecule has 2 rings (SSSR count). The zero-order valence-corrected chi connectivity index (χ0v) is 13.7. The average molecular weight is 307 g/mol. The van der Waals surface area contributed by atoms with Crippen molar-refractivity contribution in [2.75, 3.05) is 5.75 Å². The van der Waals surface area contributed by atoms with Crippen molar-refractivity contribution in [2.45, 2.75) is 39.0 Å². The molecule has 0 aliphatic carbocycles. The summed E-state index contributed by atoms with van der Waals surface area (Å²) in [6, 6.07) is 5.84. The lowest BCUT2D eigenvalue weighted by molar-refractivity contribution is -0.119. The number of aryl methyl sites for hydroxylation is 1. The van der Waals surface area contributed by atoms with Gasteiger partial charge in [-0.05, 0) is 39.8 Å². The maximum atomic E-state index is 12.1. The summed E-state index contributed by atoms with van der Waals surface area (Å²) in [6.45, 7) is 7.70. The molecule has 0 radical (unpaired) electrons. The lowest BCUT2D eigenvalue weighted by atomic mass is 10.1. The van der Waals surface area contributed by atoms with Crippen LogP contribution in [0.5, 0.6) is 0 Å². The first-order chi connectivity index (χ1) is 9.74. The zero-order chi connectivity index (χ0) is 15.6. The highest BCUT2D eigenvalue weighted by Crippen LogP contribution is 2.10. The molecule has 0 saturated heterocycles. The number of carbonyl (C=O) groups excluding carboxylic acids is 1. The first-order valence-electron chi connectivity index (χ1n) is 6.84. The van der Waals surface area contributed by atoms with Crippen LogP contribution in [0.2, 0.25) is 0 Å². The van der Waals surface area contributed by atoms with E-state index in [9.17, 15) is 9.00 Å². The van der Waals surface area contributed by atoms with Gasteiger partial charge < -0.3 is 9.72 Å². The smallest absolute Gasteiger partial charge is 0.233 e. The Hall–Kier alpha value is -1.69. The van der Waals surface area contributed by atoms with Crippen LogP contribution in [0.4, 0.5) is 0 Å². The largest absolute Gasteiger partial charge is 0.351 e. The summed E-state index contributed by atoms with van der Waals surface area (Å²) in [6.07, 6.45) is 1.88. The van der Waals surface area contributed by atoms with Gasteiger partial charge in [0.1, 0.15) is 11.4 Å². The molecule has 5 nitrogen and oxygen atoms in total. The monoisotopic (exact) mass is 307 g/mol. The Morgan fingerprint density at radius 3 is 2.71 bits per heavy atom. The van der Waals surface area contributed by atoms with E-state index in [2.05, 4.69) is 10.3 Å². The molecular formula is C15H21N3O2S. The summed E-state index contributed by atoms with van der Waals surface area (Å²) in [5, 5.41) is 2.81. The van der Waals surface area contributed by atoms with Crippen LogP contribution in [0.3, 0.4) is 0 Å². The van der Waals surface area contributed by atoms with Gasteiger partial charge >= 0.3 is 0 Å². The fourth-order valence-electron chi connectivity index (χ4n) is 2.08. The van der Waals surface area contributed by atoms with Crippen molar-refractivity contribution in [3.05, 3.63) is 35.8 Å². The number of rotatable bonds is 4. The van der Waals surface area contributed by atoms with Gasteiger partial charge in [0.05, 0.1) is 11.4 Å². The van der Waals surface area contributed by atoms with E-state index in [1.165, 1.54) is 0 Å².